The Morgan fingerprint density at radius 3 is 2.68 bits per heavy atom. The van der Waals surface area contributed by atoms with Crippen molar-refractivity contribution in [3.63, 3.8) is 0 Å². The van der Waals surface area contributed by atoms with Gasteiger partial charge in [0.05, 0.1) is 18.6 Å². The second-order valence-electron chi connectivity index (χ2n) is 4.53. The Hall–Kier alpha value is -1.57. The van der Waals surface area contributed by atoms with Gasteiger partial charge < -0.3 is 23.9 Å². The van der Waals surface area contributed by atoms with Crippen LogP contribution in [0.25, 0.3) is 11.0 Å². The number of halogens is 1. The quantitative estimate of drug-likeness (QED) is 0.722. The summed E-state index contributed by atoms with van der Waals surface area (Å²) in [4.78, 5) is 12.2. The van der Waals surface area contributed by atoms with Crippen LogP contribution < -0.4 is 10.1 Å². The standard InChI is InChI=1S/C15H18BrNO5/c1-19-4-3-17-15(18)10-7-12(21-6-5-20-2)11-9-14(16)22-13(11)8-10/h7-9H,3-6H2,1-2H3,(H,17,18). The van der Waals surface area contributed by atoms with E-state index in [1.165, 1.54) is 0 Å². The second-order valence-corrected chi connectivity index (χ2v) is 5.31. The van der Waals surface area contributed by atoms with Crippen molar-refractivity contribution >= 4 is 32.8 Å². The van der Waals surface area contributed by atoms with Gasteiger partial charge in [-0.1, -0.05) is 0 Å². The molecule has 1 aromatic carbocycles. The first kappa shape index (κ1) is 16.8. The van der Waals surface area contributed by atoms with Gasteiger partial charge in [-0.3, -0.25) is 4.79 Å². The third-order valence-corrected chi connectivity index (χ3v) is 3.36. The van der Waals surface area contributed by atoms with Gasteiger partial charge in [0, 0.05) is 32.4 Å². The summed E-state index contributed by atoms with van der Waals surface area (Å²) in [6, 6.07) is 5.19. The summed E-state index contributed by atoms with van der Waals surface area (Å²) in [7, 11) is 3.19. The number of carbonyl (C=O) groups is 1. The van der Waals surface area contributed by atoms with Crippen LogP contribution in [-0.4, -0.2) is 46.5 Å². The molecular formula is C15H18BrNO5. The second kappa shape index (κ2) is 8.17. The summed E-state index contributed by atoms with van der Waals surface area (Å²) in [5.41, 5.74) is 1.05. The average Bonchev–Trinajstić information content (AvgIpc) is 2.88. The monoisotopic (exact) mass is 371 g/mol. The zero-order valence-corrected chi connectivity index (χ0v) is 14.1. The summed E-state index contributed by atoms with van der Waals surface area (Å²) in [6.45, 7) is 1.75. The van der Waals surface area contributed by atoms with Crippen LogP contribution in [0.5, 0.6) is 5.75 Å². The fourth-order valence-electron chi connectivity index (χ4n) is 1.93. The van der Waals surface area contributed by atoms with Gasteiger partial charge in [-0.25, -0.2) is 0 Å². The third-order valence-electron chi connectivity index (χ3n) is 2.97. The van der Waals surface area contributed by atoms with Gasteiger partial charge in [-0.2, -0.15) is 0 Å². The molecule has 1 heterocycles. The van der Waals surface area contributed by atoms with Crippen molar-refractivity contribution in [2.75, 3.05) is 40.6 Å². The predicted octanol–water partition coefficient (Wildman–Crippen LogP) is 2.60. The number of rotatable bonds is 8. The summed E-state index contributed by atoms with van der Waals surface area (Å²) < 4.78 is 21.7. The number of furan rings is 1. The fraction of sp³-hybridized carbons (Fsp3) is 0.400. The smallest absolute Gasteiger partial charge is 0.251 e. The van der Waals surface area contributed by atoms with Crippen molar-refractivity contribution in [3.05, 3.63) is 28.4 Å². The molecule has 0 aliphatic heterocycles. The minimum Gasteiger partial charge on any atom is -0.490 e. The van der Waals surface area contributed by atoms with Crippen LogP contribution in [0.15, 0.2) is 27.3 Å². The van der Waals surface area contributed by atoms with Crippen molar-refractivity contribution in [1.82, 2.24) is 5.32 Å². The van der Waals surface area contributed by atoms with E-state index < -0.39 is 0 Å². The van der Waals surface area contributed by atoms with Gasteiger partial charge in [0.2, 0.25) is 0 Å². The highest BCUT2D eigenvalue weighted by molar-refractivity contribution is 9.10. The van der Waals surface area contributed by atoms with Crippen molar-refractivity contribution in [3.8, 4) is 5.75 Å². The van der Waals surface area contributed by atoms with Gasteiger partial charge in [0.25, 0.3) is 5.91 Å². The van der Waals surface area contributed by atoms with Crippen LogP contribution in [0.4, 0.5) is 0 Å². The van der Waals surface area contributed by atoms with Crippen LogP contribution in [0.3, 0.4) is 0 Å². The Kier molecular flexibility index (Phi) is 6.23. The van der Waals surface area contributed by atoms with Crippen LogP contribution in [-0.2, 0) is 9.47 Å². The Morgan fingerprint density at radius 2 is 1.95 bits per heavy atom. The maximum atomic E-state index is 12.2. The molecule has 1 amide bonds. The maximum absolute atomic E-state index is 12.2. The zero-order valence-electron chi connectivity index (χ0n) is 12.5. The number of amides is 1. The summed E-state index contributed by atoms with van der Waals surface area (Å²) >= 11 is 3.29. The van der Waals surface area contributed by atoms with E-state index in [0.717, 1.165) is 5.39 Å². The molecule has 0 fully saturated rings. The molecule has 1 N–H and O–H groups in total. The van der Waals surface area contributed by atoms with Crippen molar-refractivity contribution < 1.29 is 23.4 Å². The first-order valence-corrected chi connectivity index (χ1v) is 7.57. The van der Waals surface area contributed by atoms with Crippen molar-refractivity contribution in [2.24, 2.45) is 0 Å². The Morgan fingerprint density at radius 1 is 1.18 bits per heavy atom. The Labute approximate surface area is 136 Å². The number of methoxy groups -OCH3 is 2. The Bertz CT molecular complexity index is 640. The number of nitrogens with one attached hydrogen (secondary N) is 1. The first-order chi connectivity index (χ1) is 10.7. The summed E-state index contributed by atoms with van der Waals surface area (Å²) in [6.07, 6.45) is 0. The van der Waals surface area contributed by atoms with E-state index in [2.05, 4.69) is 21.2 Å². The average molecular weight is 372 g/mol. The Balaban J connectivity index is 2.24. The highest BCUT2D eigenvalue weighted by Crippen LogP contribution is 2.32. The third kappa shape index (κ3) is 4.22. The lowest BCUT2D eigenvalue weighted by atomic mass is 10.1. The molecule has 0 unspecified atom stereocenters. The van der Waals surface area contributed by atoms with E-state index >= 15 is 0 Å². The first-order valence-electron chi connectivity index (χ1n) is 6.77. The molecule has 22 heavy (non-hydrogen) atoms. The molecule has 2 rings (SSSR count). The van der Waals surface area contributed by atoms with Crippen LogP contribution in [0, 0.1) is 0 Å². The van der Waals surface area contributed by atoms with E-state index in [1.807, 2.05) is 6.07 Å². The predicted molar refractivity (Wildman–Crippen MR) is 85.5 cm³/mol. The molecule has 0 bridgehead atoms. The lowest BCUT2D eigenvalue weighted by molar-refractivity contribution is 0.0936. The zero-order chi connectivity index (χ0) is 15.9. The van der Waals surface area contributed by atoms with E-state index in [9.17, 15) is 4.79 Å². The highest BCUT2D eigenvalue weighted by Gasteiger charge is 2.14. The fourth-order valence-corrected chi connectivity index (χ4v) is 2.33. The summed E-state index contributed by atoms with van der Waals surface area (Å²) in [5, 5.41) is 3.57. The minimum absolute atomic E-state index is 0.205. The van der Waals surface area contributed by atoms with Gasteiger partial charge in [-0.05, 0) is 28.1 Å². The number of hydrogen-bond acceptors (Lipinski definition) is 5. The molecule has 0 saturated heterocycles. The number of fused-ring (bicyclic) bond motifs is 1. The number of hydrogen-bond donors (Lipinski definition) is 1. The summed E-state index contributed by atoms with van der Waals surface area (Å²) in [5.74, 6) is 0.379. The van der Waals surface area contributed by atoms with Gasteiger partial charge in [0.1, 0.15) is 17.9 Å². The molecule has 7 heteroatoms. The molecule has 6 nitrogen and oxygen atoms in total. The minimum atomic E-state index is -0.205. The lowest BCUT2D eigenvalue weighted by Crippen LogP contribution is -2.26. The molecule has 0 saturated carbocycles. The molecule has 0 aliphatic carbocycles. The number of benzene rings is 1. The molecule has 0 radical (unpaired) electrons. The van der Waals surface area contributed by atoms with Gasteiger partial charge in [0.15, 0.2) is 4.67 Å². The van der Waals surface area contributed by atoms with Crippen LogP contribution in [0.2, 0.25) is 0 Å². The number of ether oxygens (including phenoxy) is 3. The van der Waals surface area contributed by atoms with Crippen LogP contribution in [0.1, 0.15) is 10.4 Å². The lowest BCUT2D eigenvalue weighted by Gasteiger charge is -2.09. The molecule has 2 aromatic rings. The normalized spacial score (nSPS) is 10.9. The largest absolute Gasteiger partial charge is 0.490 e. The van der Waals surface area contributed by atoms with Crippen molar-refractivity contribution in [1.29, 1.82) is 0 Å². The SMILES string of the molecule is COCCNC(=O)c1cc(OCCOC)c2cc(Br)oc2c1. The van der Waals surface area contributed by atoms with Crippen molar-refractivity contribution in [2.45, 2.75) is 0 Å². The topological polar surface area (TPSA) is 69.9 Å². The van der Waals surface area contributed by atoms with E-state index in [-0.39, 0.29) is 5.91 Å². The van der Waals surface area contributed by atoms with E-state index in [1.54, 1.807) is 26.4 Å². The molecule has 0 aliphatic rings. The highest BCUT2D eigenvalue weighted by atomic mass is 79.9. The maximum Gasteiger partial charge on any atom is 0.251 e. The molecule has 0 atom stereocenters. The van der Waals surface area contributed by atoms with Gasteiger partial charge in [-0.15, -0.1) is 0 Å². The van der Waals surface area contributed by atoms with Gasteiger partial charge >= 0.3 is 0 Å². The van der Waals surface area contributed by atoms with E-state index in [4.69, 9.17) is 18.6 Å². The van der Waals surface area contributed by atoms with Crippen LogP contribution >= 0.6 is 15.9 Å². The molecule has 1 aromatic heterocycles. The number of carbonyl (C=O) groups excluding carboxylic acids is 1. The van der Waals surface area contributed by atoms with E-state index in [0.29, 0.717) is 47.9 Å². The molecular weight excluding hydrogens is 354 g/mol. The molecule has 0 spiro atoms. The molecule has 120 valence electrons.